The number of pyridine rings is 1. The summed E-state index contributed by atoms with van der Waals surface area (Å²) in [5, 5.41) is 2.18. The molecule has 0 unspecified atom stereocenters. The Morgan fingerprint density at radius 3 is 2.43 bits per heavy atom. The summed E-state index contributed by atoms with van der Waals surface area (Å²) in [4.78, 5) is 42.1. The molecule has 3 rings (SSSR count). The average molecular weight is 381 g/mol. The van der Waals surface area contributed by atoms with Crippen LogP contribution >= 0.6 is 0 Å². The summed E-state index contributed by atoms with van der Waals surface area (Å²) < 4.78 is 11.1. The molecule has 4 amide bonds. The first-order valence-electron chi connectivity index (χ1n) is 8.76. The van der Waals surface area contributed by atoms with Crippen molar-refractivity contribution in [1.29, 1.82) is 0 Å². The lowest BCUT2D eigenvalue weighted by atomic mass is 10.1. The van der Waals surface area contributed by atoms with Crippen LogP contribution in [0.4, 0.5) is 10.5 Å². The van der Waals surface area contributed by atoms with Crippen LogP contribution in [-0.2, 0) is 9.59 Å². The SMILES string of the molecule is CCOc1ccc(/C=C2\C(=O)NC(=O)N(c3ccncc3)C2=O)c(OCC)c1. The lowest BCUT2D eigenvalue weighted by Crippen LogP contribution is -2.54. The Hall–Kier alpha value is -3.68. The molecule has 1 fully saturated rings. The predicted octanol–water partition coefficient (Wildman–Crippen LogP) is 2.55. The number of hydrogen-bond donors (Lipinski definition) is 1. The van der Waals surface area contributed by atoms with Gasteiger partial charge in [-0.3, -0.25) is 19.9 Å². The minimum absolute atomic E-state index is 0.179. The Labute approximate surface area is 161 Å². The zero-order chi connectivity index (χ0) is 20.1. The summed E-state index contributed by atoms with van der Waals surface area (Å²) in [5.74, 6) is -0.414. The summed E-state index contributed by atoms with van der Waals surface area (Å²) in [7, 11) is 0. The number of hydrogen-bond acceptors (Lipinski definition) is 6. The van der Waals surface area contributed by atoms with Gasteiger partial charge in [0.1, 0.15) is 17.1 Å². The third-order valence-corrected chi connectivity index (χ3v) is 3.92. The van der Waals surface area contributed by atoms with Crippen molar-refractivity contribution < 1.29 is 23.9 Å². The Morgan fingerprint density at radius 2 is 1.75 bits per heavy atom. The highest BCUT2D eigenvalue weighted by Crippen LogP contribution is 2.29. The van der Waals surface area contributed by atoms with Gasteiger partial charge in [0, 0.05) is 24.0 Å². The number of rotatable bonds is 6. The monoisotopic (exact) mass is 381 g/mol. The van der Waals surface area contributed by atoms with Crippen LogP contribution in [0, 0.1) is 0 Å². The third-order valence-electron chi connectivity index (χ3n) is 3.92. The predicted molar refractivity (Wildman–Crippen MR) is 102 cm³/mol. The molecular formula is C20H19N3O5. The minimum Gasteiger partial charge on any atom is -0.494 e. The number of nitrogens with zero attached hydrogens (tertiary/aromatic N) is 2. The fourth-order valence-electron chi connectivity index (χ4n) is 2.71. The molecule has 144 valence electrons. The first-order valence-corrected chi connectivity index (χ1v) is 8.76. The number of ether oxygens (including phenoxy) is 2. The normalized spacial score (nSPS) is 15.6. The highest BCUT2D eigenvalue weighted by atomic mass is 16.5. The molecule has 8 heteroatoms. The number of carbonyl (C=O) groups is 3. The van der Waals surface area contributed by atoms with E-state index in [0.29, 0.717) is 36.0 Å². The van der Waals surface area contributed by atoms with Crippen LogP contribution in [0.2, 0.25) is 0 Å². The van der Waals surface area contributed by atoms with Gasteiger partial charge in [0.25, 0.3) is 11.8 Å². The second-order valence-electron chi connectivity index (χ2n) is 5.73. The van der Waals surface area contributed by atoms with Crippen LogP contribution in [0.1, 0.15) is 19.4 Å². The van der Waals surface area contributed by atoms with Crippen LogP contribution < -0.4 is 19.7 Å². The Balaban J connectivity index is 2.01. The van der Waals surface area contributed by atoms with Crippen molar-refractivity contribution in [2.75, 3.05) is 18.1 Å². The summed E-state index contributed by atoms with van der Waals surface area (Å²) in [6, 6.07) is 7.30. The summed E-state index contributed by atoms with van der Waals surface area (Å²) in [6.07, 6.45) is 4.31. The molecule has 1 aromatic carbocycles. The van der Waals surface area contributed by atoms with Crippen molar-refractivity contribution in [3.63, 3.8) is 0 Å². The molecule has 0 bridgehead atoms. The number of urea groups is 1. The number of anilines is 1. The van der Waals surface area contributed by atoms with Crippen molar-refractivity contribution in [3.05, 3.63) is 53.9 Å². The van der Waals surface area contributed by atoms with E-state index in [9.17, 15) is 14.4 Å². The van der Waals surface area contributed by atoms with Crippen LogP contribution in [0.15, 0.2) is 48.3 Å². The highest BCUT2D eigenvalue weighted by Gasteiger charge is 2.36. The van der Waals surface area contributed by atoms with Gasteiger partial charge in [-0.1, -0.05) is 0 Å². The van der Waals surface area contributed by atoms with Gasteiger partial charge in [0.15, 0.2) is 0 Å². The molecular weight excluding hydrogens is 362 g/mol. The molecule has 1 N–H and O–H groups in total. The minimum atomic E-state index is -0.810. The van der Waals surface area contributed by atoms with Gasteiger partial charge < -0.3 is 9.47 Å². The van der Waals surface area contributed by atoms with E-state index in [0.717, 1.165) is 4.90 Å². The lowest BCUT2D eigenvalue weighted by Gasteiger charge is -2.26. The van der Waals surface area contributed by atoms with Gasteiger partial charge in [-0.2, -0.15) is 0 Å². The van der Waals surface area contributed by atoms with Gasteiger partial charge >= 0.3 is 6.03 Å². The van der Waals surface area contributed by atoms with Gasteiger partial charge in [0.2, 0.25) is 0 Å². The van der Waals surface area contributed by atoms with Crippen molar-refractivity contribution in [1.82, 2.24) is 10.3 Å². The van der Waals surface area contributed by atoms with Gasteiger partial charge in [0.05, 0.1) is 18.9 Å². The fraction of sp³-hybridized carbons (Fsp3) is 0.200. The number of nitrogens with one attached hydrogen (secondary N) is 1. The Kier molecular flexibility index (Phi) is 5.69. The maximum atomic E-state index is 12.9. The van der Waals surface area contributed by atoms with Crippen molar-refractivity contribution >= 4 is 29.6 Å². The largest absolute Gasteiger partial charge is 0.494 e. The smallest absolute Gasteiger partial charge is 0.335 e. The number of benzene rings is 1. The van der Waals surface area contributed by atoms with Crippen LogP contribution in [0.5, 0.6) is 11.5 Å². The number of barbiturate groups is 1. The van der Waals surface area contributed by atoms with E-state index in [-0.39, 0.29) is 5.57 Å². The molecule has 1 aliphatic heterocycles. The first-order chi connectivity index (χ1) is 13.5. The number of amides is 4. The topological polar surface area (TPSA) is 97.8 Å². The average Bonchev–Trinajstić information content (AvgIpc) is 2.68. The summed E-state index contributed by atoms with van der Waals surface area (Å²) >= 11 is 0. The molecule has 1 saturated heterocycles. The third kappa shape index (κ3) is 3.85. The second-order valence-corrected chi connectivity index (χ2v) is 5.73. The second kappa shape index (κ2) is 8.34. The van der Waals surface area contributed by atoms with Gasteiger partial charge in [-0.05, 0) is 44.2 Å². The number of imide groups is 2. The first kappa shape index (κ1) is 19.1. The fourth-order valence-corrected chi connectivity index (χ4v) is 2.71. The van der Waals surface area contributed by atoms with E-state index < -0.39 is 17.8 Å². The van der Waals surface area contributed by atoms with Gasteiger partial charge in [-0.25, -0.2) is 9.69 Å². The van der Waals surface area contributed by atoms with Crippen molar-refractivity contribution in [2.24, 2.45) is 0 Å². The Bertz CT molecular complexity index is 940. The zero-order valence-corrected chi connectivity index (χ0v) is 15.5. The molecule has 2 aromatic rings. The van der Waals surface area contributed by atoms with E-state index in [1.54, 1.807) is 18.2 Å². The van der Waals surface area contributed by atoms with Crippen molar-refractivity contribution in [2.45, 2.75) is 13.8 Å². The molecule has 0 aliphatic carbocycles. The number of carbonyl (C=O) groups excluding carboxylic acids is 3. The Morgan fingerprint density at radius 1 is 1.04 bits per heavy atom. The quantitative estimate of drug-likeness (QED) is 0.610. The molecule has 28 heavy (non-hydrogen) atoms. The molecule has 8 nitrogen and oxygen atoms in total. The van der Waals surface area contributed by atoms with Crippen molar-refractivity contribution in [3.8, 4) is 11.5 Å². The summed E-state index contributed by atoms with van der Waals surface area (Å²) in [6.45, 7) is 4.59. The van der Waals surface area contributed by atoms with E-state index in [4.69, 9.17) is 9.47 Å². The standard InChI is InChI=1S/C20H19N3O5/c1-3-27-15-6-5-13(17(12-15)28-4-2)11-16-18(24)22-20(26)23(19(16)25)14-7-9-21-10-8-14/h5-12H,3-4H2,1-2H3,(H,22,24,26)/b16-11+. The molecule has 1 aliphatic rings. The van der Waals surface area contributed by atoms with Gasteiger partial charge in [-0.15, -0.1) is 0 Å². The molecule has 0 spiro atoms. The highest BCUT2D eigenvalue weighted by molar-refractivity contribution is 6.39. The van der Waals surface area contributed by atoms with E-state index in [1.165, 1.54) is 30.6 Å². The summed E-state index contributed by atoms with van der Waals surface area (Å²) in [5.41, 5.74) is 0.655. The molecule has 0 atom stereocenters. The molecule has 0 saturated carbocycles. The maximum Gasteiger partial charge on any atom is 0.335 e. The molecule has 2 heterocycles. The molecule has 1 aromatic heterocycles. The zero-order valence-electron chi connectivity index (χ0n) is 15.5. The van der Waals surface area contributed by atoms with E-state index in [2.05, 4.69) is 10.3 Å². The lowest BCUT2D eigenvalue weighted by molar-refractivity contribution is -0.122. The maximum absolute atomic E-state index is 12.9. The molecule has 0 radical (unpaired) electrons. The van der Waals surface area contributed by atoms with Crippen LogP contribution in [0.25, 0.3) is 6.08 Å². The van der Waals surface area contributed by atoms with E-state index >= 15 is 0 Å². The van der Waals surface area contributed by atoms with E-state index in [1.807, 2.05) is 13.8 Å². The van der Waals surface area contributed by atoms with Crippen LogP contribution in [-0.4, -0.2) is 36.0 Å². The van der Waals surface area contributed by atoms with Crippen LogP contribution in [0.3, 0.4) is 0 Å². The number of aromatic nitrogens is 1.